The van der Waals surface area contributed by atoms with Gasteiger partial charge in [-0.1, -0.05) is 62.7 Å². The van der Waals surface area contributed by atoms with Crippen LogP contribution in [-0.2, 0) is 26.2 Å². The summed E-state index contributed by atoms with van der Waals surface area (Å²) in [5.74, 6) is -0.311. The molecule has 1 atom stereocenters. The molecule has 2 aromatic carbocycles. The Morgan fingerprint density at radius 3 is 2.28 bits per heavy atom. The van der Waals surface area contributed by atoms with E-state index in [1.807, 2.05) is 63.2 Å². The van der Waals surface area contributed by atoms with E-state index < -0.39 is 16.1 Å². The van der Waals surface area contributed by atoms with Crippen molar-refractivity contribution in [2.24, 2.45) is 0 Å². The molecule has 0 heterocycles. The summed E-state index contributed by atoms with van der Waals surface area (Å²) in [6.07, 6.45) is 4.02. The van der Waals surface area contributed by atoms with E-state index in [-0.39, 0.29) is 24.8 Å². The highest BCUT2D eigenvalue weighted by atomic mass is 32.2. The number of sulfonamides is 1. The van der Waals surface area contributed by atoms with Gasteiger partial charge in [0.1, 0.15) is 6.04 Å². The molecule has 7 nitrogen and oxygen atoms in total. The van der Waals surface area contributed by atoms with Crippen LogP contribution in [0.5, 0.6) is 0 Å². The maximum Gasteiger partial charge on any atom is 0.242 e. The summed E-state index contributed by atoms with van der Waals surface area (Å²) in [4.78, 5) is 28.0. The maximum absolute atomic E-state index is 13.4. The number of rotatable bonds is 14. The van der Waals surface area contributed by atoms with Gasteiger partial charge in [0.05, 0.1) is 11.9 Å². The molecule has 0 spiro atoms. The molecule has 1 N–H and O–H groups in total. The van der Waals surface area contributed by atoms with Crippen LogP contribution in [0.25, 0.3) is 0 Å². The Morgan fingerprint density at radius 2 is 1.67 bits per heavy atom. The van der Waals surface area contributed by atoms with Crippen molar-refractivity contribution in [3.8, 4) is 0 Å². The molecule has 0 saturated carbocycles. The Bertz CT molecular complexity index is 1100. The molecule has 2 amide bonds. The number of carbonyl (C=O) groups excluding carboxylic acids is 2. The normalized spacial score (nSPS) is 12.1. The van der Waals surface area contributed by atoms with E-state index in [1.54, 1.807) is 11.0 Å². The lowest BCUT2D eigenvalue weighted by molar-refractivity contribution is -0.141. The zero-order valence-corrected chi connectivity index (χ0v) is 23.1. The maximum atomic E-state index is 13.4. The van der Waals surface area contributed by atoms with Gasteiger partial charge >= 0.3 is 0 Å². The number of anilines is 1. The average Bonchev–Trinajstić information content (AvgIpc) is 2.83. The van der Waals surface area contributed by atoms with Crippen molar-refractivity contribution < 1.29 is 18.0 Å². The van der Waals surface area contributed by atoms with Crippen LogP contribution in [0, 0.1) is 13.8 Å². The number of hydrogen-bond acceptors (Lipinski definition) is 4. The SMILES string of the molecule is CCCCNC(=O)[C@@H](CC)N(Cc1ccccc1)C(=O)CCCN(c1cccc(C)c1C)S(C)(=O)=O. The van der Waals surface area contributed by atoms with Crippen LogP contribution in [0.15, 0.2) is 48.5 Å². The fraction of sp³-hybridized carbons (Fsp3) is 0.500. The first-order valence-electron chi connectivity index (χ1n) is 12.7. The second-order valence-electron chi connectivity index (χ2n) is 9.23. The molecule has 0 unspecified atom stereocenters. The smallest absolute Gasteiger partial charge is 0.242 e. The third kappa shape index (κ3) is 8.36. The van der Waals surface area contributed by atoms with Gasteiger partial charge in [0, 0.05) is 26.1 Å². The van der Waals surface area contributed by atoms with Crippen LogP contribution >= 0.6 is 0 Å². The number of carbonyl (C=O) groups is 2. The van der Waals surface area contributed by atoms with Crippen molar-refractivity contribution in [3.63, 3.8) is 0 Å². The lowest BCUT2D eigenvalue weighted by atomic mass is 10.1. The van der Waals surface area contributed by atoms with E-state index in [4.69, 9.17) is 0 Å². The lowest BCUT2D eigenvalue weighted by Crippen LogP contribution is -2.49. The molecule has 0 fully saturated rings. The third-order valence-corrected chi connectivity index (χ3v) is 7.59. The van der Waals surface area contributed by atoms with Gasteiger partial charge in [-0.3, -0.25) is 13.9 Å². The van der Waals surface area contributed by atoms with Crippen LogP contribution in [0.2, 0.25) is 0 Å². The molecular weight excluding hydrogens is 474 g/mol. The topological polar surface area (TPSA) is 86.8 Å². The average molecular weight is 516 g/mol. The van der Waals surface area contributed by atoms with Crippen LogP contribution < -0.4 is 9.62 Å². The van der Waals surface area contributed by atoms with Crippen molar-refractivity contribution in [2.45, 2.75) is 72.4 Å². The fourth-order valence-corrected chi connectivity index (χ4v) is 5.21. The number of nitrogens with one attached hydrogen (secondary N) is 1. The van der Waals surface area contributed by atoms with Crippen molar-refractivity contribution >= 4 is 27.5 Å². The highest BCUT2D eigenvalue weighted by molar-refractivity contribution is 7.92. The Balaban J connectivity index is 2.20. The predicted octanol–water partition coefficient (Wildman–Crippen LogP) is 4.57. The monoisotopic (exact) mass is 515 g/mol. The van der Waals surface area contributed by atoms with Crippen molar-refractivity contribution in [2.75, 3.05) is 23.7 Å². The summed E-state index contributed by atoms with van der Waals surface area (Å²) >= 11 is 0. The number of aryl methyl sites for hydroxylation is 1. The first kappa shape index (κ1) is 29.4. The van der Waals surface area contributed by atoms with Gasteiger partial charge in [-0.25, -0.2) is 8.42 Å². The number of benzene rings is 2. The van der Waals surface area contributed by atoms with E-state index in [2.05, 4.69) is 12.2 Å². The molecule has 0 aliphatic heterocycles. The standard InChI is InChI=1S/C28H41N3O4S/c1-6-8-19-29-28(33)25(7-2)30(21-24-15-10-9-11-16-24)27(32)18-13-20-31(36(5,34)35)26-17-12-14-22(3)23(26)4/h9-12,14-17,25H,6-8,13,18-21H2,1-5H3,(H,29,33)/t25-/m1/s1. The van der Waals surface area contributed by atoms with Gasteiger partial charge in [0.2, 0.25) is 21.8 Å². The largest absolute Gasteiger partial charge is 0.354 e. The highest BCUT2D eigenvalue weighted by Gasteiger charge is 2.28. The molecule has 2 rings (SSSR count). The molecule has 0 aliphatic rings. The van der Waals surface area contributed by atoms with Gasteiger partial charge in [0.25, 0.3) is 0 Å². The van der Waals surface area contributed by atoms with Gasteiger partial charge in [-0.05, 0) is 55.9 Å². The Kier molecular flexibility index (Phi) is 11.4. The van der Waals surface area contributed by atoms with E-state index in [9.17, 15) is 18.0 Å². The van der Waals surface area contributed by atoms with Crippen LogP contribution in [0.3, 0.4) is 0 Å². The molecule has 198 valence electrons. The minimum atomic E-state index is -3.53. The van der Waals surface area contributed by atoms with E-state index >= 15 is 0 Å². The summed E-state index contributed by atoms with van der Waals surface area (Å²) in [6.45, 7) is 8.91. The van der Waals surface area contributed by atoms with E-state index in [1.165, 1.54) is 10.6 Å². The molecular formula is C28H41N3O4S. The van der Waals surface area contributed by atoms with Crippen LogP contribution in [0.1, 0.15) is 62.6 Å². The summed E-state index contributed by atoms with van der Waals surface area (Å²) in [6, 6.07) is 14.6. The van der Waals surface area contributed by atoms with Gasteiger partial charge in [-0.2, -0.15) is 0 Å². The van der Waals surface area contributed by atoms with Crippen molar-refractivity contribution in [1.82, 2.24) is 10.2 Å². The Hall–Kier alpha value is -2.87. The van der Waals surface area contributed by atoms with Crippen molar-refractivity contribution in [3.05, 3.63) is 65.2 Å². The Morgan fingerprint density at radius 1 is 0.972 bits per heavy atom. The van der Waals surface area contributed by atoms with Crippen molar-refractivity contribution in [1.29, 1.82) is 0 Å². The first-order chi connectivity index (χ1) is 17.1. The van der Waals surface area contributed by atoms with Gasteiger partial charge in [-0.15, -0.1) is 0 Å². The zero-order chi connectivity index (χ0) is 26.7. The summed E-state index contributed by atoms with van der Waals surface area (Å²) in [7, 11) is -3.53. The molecule has 0 aromatic heterocycles. The second-order valence-corrected chi connectivity index (χ2v) is 11.1. The molecule has 0 bridgehead atoms. The minimum Gasteiger partial charge on any atom is -0.354 e. The summed E-state index contributed by atoms with van der Waals surface area (Å²) in [5, 5.41) is 2.96. The molecule has 0 radical (unpaired) electrons. The quantitative estimate of drug-likeness (QED) is 0.373. The highest BCUT2D eigenvalue weighted by Crippen LogP contribution is 2.25. The summed E-state index contributed by atoms with van der Waals surface area (Å²) in [5.41, 5.74) is 3.48. The number of unbranched alkanes of at least 4 members (excludes halogenated alkanes) is 1. The number of hydrogen-bond donors (Lipinski definition) is 1. The lowest BCUT2D eigenvalue weighted by Gasteiger charge is -2.31. The number of nitrogens with zero attached hydrogens (tertiary/aromatic N) is 2. The van der Waals surface area contributed by atoms with Gasteiger partial charge in [0.15, 0.2) is 0 Å². The Labute approximate surface area is 216 Å². The summed E-state index contributed by atoms with van der Waals surface area (Å²) < 4.78 is 26.6. The number of amides is 2. The fourth-order valence-electron chi connectivity index (χ4n) is 4.19. The van der Waals surface area contributed by atoms with E-state index in [0.29, 0.717) is 31.6 Å². The third-order valence-electron chi connectivity index (χ3n) is 6.41. The van der Waals surface area contributed by atoms with Crippen LogP contribution in [0.4, 0.5) is 5.69 Å². The first-order valence-corrected chi connectivity index (χ1v) is 14.6. The van der Waals surface area contributed by atoms with Crippen LogP contribution in [-0.4, -0.2) is 50.5 Å². The molecule has 0 saturated heterocycles. The van der Waals surface area contributed by atoms with E-state index in [0.717, 1.165) is 29.5 Å². The zero-order valence-electron chi connectivity index (χ0n) is 22.3. The molecule has 0 aliphatic carbocycles. The predicted molar refractivity (Wildman–Crippen MR) is 146 cm³/mol. The minimum absolute atomic E-state index is 0.141. The molecule has 2 aromatic rings. The molecule has 36 heavy (non-hydrogen) atoms. The van der Waals surface area contributed by atoms with Gasteiger partial charge < -0.3 is 10.2 Å². The second kappa shape index (κ2) is 14.0. The molecule has 8 heteroatoms.